The molecular formula is C29H30Cl2N6O5. The van der Waals surface area contributed by atoms with Gasteiger partial charge in [0.05, 0.1) is 22.2 Å². The molecule has 1 aliphatic carbocycles. The summed E-state index contributed by atoms with van der Waals surface area (Å²) in [5, 5.41) is 23.9. The van der Waals surface area contributed by atoms with Crippen molar-refractivity contribution in [3.05, 3.63) is 67.9 Å². The molecule has 1 aromatic carbocycles. The minimum absolute atomic E-state index is 0.0387. The number of carboxylic acid groups (broad SMARTS) is 1. The lowest BCUT2D eigenvalue weighted by Crippen LogP contribution is -2.45. The van der Waals surface area contributed by atoms with E-state index >= 15 is 0 Å². The van der Waals surface area contributed by atoms with Gasteiger partial charge in [-0.15, -0.1) is 0 Å². The quantitative estimate of drug-likeness (QED) is 0.192. The van der Waals surface area contributed by atoms with Crippen LogP contribution < -0.4 is 10.6 Å². The zero-order valence-corrected chi connectivity index (χ0v) is 24.5. The molecule has 0 spiro atoms. The van der Waals surface area contributed by atoms with Crippen LogP contribution in [0.25, 0.3) is 0 Å². The molecule has 4 aliphatic rings. The van der Waals surface area contributed by atoms with Gasteiger partial charge in [0.25, 0.3) is 11.8 Å². The number of aliphatic imine (C=N–C) groups is 1. The first-order valence-electron chi connectivity index (χ1n) is 13.7. The fraction of sp³-hybridized carbons (Fsp3) is 0.414. The highest BCUT2D eigenvalue weighted by Gasteiger charge is 2.36. The van der Waals surface area contributed by atoms with Crippen molar-refractivity contribution in [2.24, 2.45) is 4.99 Å². The topological polar surface area (TPSA) is 147 Å². The molecule has 0 saturated carbocycles. The number of hydrogen-bond acceptors (Lipinski definition) is 6. The van der Waals surface area contributed by atoms with E-state index in [2.05, 4.69) is 15.6 Å². The SMILES string of the molecule is CC1=C(C(=O)N2CCc3c(cc(Cl)c(C(=O)N[C@@H](CN=C(NC#N)N4CCCC4)C(=O)O)c3Cl)C2)OC2CC=CC=C12. The summed E-state index contributed by atoms with van der Waals surface area (Å²) in [4.78, 5) is 46.4. The molecule has 1 unspecified atom stereocenters. The summed E-state index contributed by atoms with van der Waals surface area (Å²) in [6.45, 7) is 3.56. The molecule has 1 saturated heterocycles. The van der Waals surface area contributed by atoms with Crippen LogP contribution in [0.4, 0.5) is 0 Å². The van der Waals surface area contributed by atoms with E-state index in [1.165, 1.54) is 0 Å². The van der Waals surface area contributed by atoms with Gasteiger partial charge in [-0.2, -0.15) is 5.26 Å². The van der Waals surface area contributed by atoms with E-state index in [0.29, 0.717) is 49.4 Å². The number of benzene rings is 1. The van der Waals surface area contributed by atoms with Gasteiger partial charge in [0, 0.05) is 38.2 Å². The van der Waals surface area contributed by atoms with E-state index in [4.69, 9.17) is 33.2 Å². The number of halogens is 2. The number of carbonyl (C=O) groups excluding carboxylic acids is 2. The highest BCUT2D eigenvalue weighted by Crippen LogP contribution is 2.38. The number of guanidine groups is 1. The molecule has 13 heteroatoms. The minimum atomic E-state index is -1.39. The average Bonchev–Trinajstić information content (AvgIpc) is 3.62. The van der Waals surface area contributed by atoms with Gasteiger partial charge in [-0.25, -0.2) is 9.79 Å². The Labute approximate surface area is 253 Å². The predicted molar refractivity (Wildman–Crippen MR) is 156 cm³/mol. The monoisotopic (exact) mass is 612 g/mol. The number of hydrogen-bond donors (Lipinski definition) is 3. The number of ether oxygens (including phenoxy) is 1. The predicted octanol–water partition coefficient (Wildman–Crippen LogP) is 3.14. The molecule has 3 heterocycles. The lowest BCUT2D eigenvalue weighted by molar-refractivity contribution is -0.139. The van der Waals surface area contributed by atoms with Crippen LogP contribution in [0.1, 0.15) is 47.7 Å². The Morgan fingerprint density at radius 1 is 1.24 bits per heavy atom. The van der Waals surface area contributed by atoms with Gasteiger partial charge < -0.3 is 25.0 Å². The number of carbonyl (C=O) groups is 3. The lowest BCUT2D eigenvalue weighted by Gasteiger charge is -2.30. The Bertz CT molecular complexity index is 1490. The van der Waals surface area contributed by atoms with Gasteiger partial charge in [-0.3, -0.25) is 14.9 Å². The molecule has 0 aromatic heterocycles. The smallest absolute Gasteiger partial charge is 0.328 e. The Morgan fingerprint density at radius 3 is 2.69 bits per heavy atom. The maximum atomic E-state index is 13.4. The molecule has 3 N–H and O–H groups in total. The molecule has 42 heavy (non-hydrogen) atoms. The largest absolute Gasteiger partial charge is 0.480 e. The third-order valence-electron chi connectivity index (χ3n) is 7.86. The fourth-order valence-corrected chi connectivity index (χ4v) is 6.39. The van der Waals surface area contributed by atoms with Gasteiger partial charge in [0.2, 0.25) is 5.96 Å². The second kappa shape index (κ2) is 12.5. The number of likely N-dealkylation sites (tertiary alicyclic amines) is 1. The Hall–Kier alpha value is -4.01. The van der Waals surface area contributed by atoms with Crippen molar-refractivity contribution in [2.75, 3.05) is 26.2 Å². The molecule has 1 fully saturated rings. The van der Waals surface area contributed by atoms with E-state index < -0.39 is 17.9 Å². The van der Waals surface area contributed by atoms with Crippen molar-refractivity contribution < 1.29 is 24.2 Å². The second-order valence-electron chi connectivity index (χ2n) is 10.5. The molecule has 2 amide bonds. The fourth-order valence-electron chi connectivity index (χ4n) is 5.63. The van der Waals surface area contributed by atoms with Crippen molar-refractivity contribution in [1.29, 1.82) is 5.26 Å². The Kier molecular flexibility index (Phi) is 8.75. The molecule has 3 aliphatic heterocycles. The molecule has 5 rings (SSSR count). The Morgan fingerprint density at radius 2 is 2.00 bits per heavy atom. The minimum Gasteiger partial charge on any atom is -0.480 e. The summed E-state index contributed by atoms with van der Waals surface area (Å²) < 4.78 is 6.00. The first-order valence-corrected chi connectivity index (χ1v) is 14.5. The van der Waals surface area contributed by atoms with Crippen LogP contribution in [-0.2, 0) is 27.3 Å². The second-order valence-corrected chi connectivity index (χ2v) is 11.3. The maximum Gasteiger partial charge on any atom is 0.328 e. The van der Waals surface area contributed by atoms with Crippen LogP contribution >= 0.6 is 23.2 Å². The van der Waals surface area contributed by atoms with Gasteiger partial charge in [-0.1, -0.05) is 41.4 Å². The van der Waals surface area contributed by atoms with Crippen LogP contribution in [0.5, 0.6) is 0 Å². The zero-order chi connectivity index (χ0) is 30.0. The molecular weight excluding hydrogens is 583 g/mol. The molecule has 0 radical (unpaired) electrons. The van der Waals surface area contributed by atoms with Gasteiger partial charge >= 0.3 is 5.97 Å². The summed E-state index contributed by atoms with van der Waals surface area (Å²) in [7, 11) is 0. The van der Waals surface area contributed by atoms with Crippen LogP contribution in [0, 0.1) is 11.5 Å². The Balaban J connectivity index is 1.31. The number of nitrogens with one attached hydrogen (secondary N) is 2. The summed E-state index contributed by atoms with van der Waals surface area (Å²) >= 11 is 13.2. The standard InChI is InChI=1S/C29H30Cl2N6O5/c1-16-18-6-2-3-7-22(18)42-25(16)27(39)37-11-8-19-17(14-37)12-20(30)23(24(19)31)26(38)35-21(28(40)41)13-33-29(34-15-32)36-9-4-5-10-36/h2-3,6,12,21-22H,4-5,7-11,13-14H2,1H3,(H,33,34)(H,35,38)(H,40,41)/t21-,22?/m0/s1. The first kappa shape index (κ1) is 29.5. The van der Waals surface area contributed by atoms with E-state index in [-0.39, 0.29) is 46.7 Å². The molecule has 1 aromatic rings. The molecule has 11 nitrogen and oxygen atoms in total. The maximum absolute atomic E-state index is 13.4. The molecule has 2 atom stereocenters. The zero-order valence-electron chi connectivity index (χ0n) is 23.0. The van der Waals surface area contributed by atoms with Crippen LogP contribution in [0.3, 0.4) is 0 Å². The summed E-state index contributed by atoms with van der Waals surface area (Å²) in [5.74, 6) is -1.66. The number of carboxylic acids is 1. The van der Waals surface area contributed by atoms with Crippen molar-refractivity contribution >= 4 is 46.9 Å². The lowest BCUT2D eigenvalue weighted by atomic mass is 9.95. The van der Waals surface area contributed by atoms with E-state index in [9.17, 15) is 19.5 Å². The van der Waals surface area contributed by atoms with E-state index in [1.54, 1.807) is 11.0 Å². The van der Waals surface area contributed by atoms with Gasteiger partial charge in [0.15, 0.2) is 12.0 Å². The van der Waals surface area contributed by atoms with Crippen molar-refractivity contribution in [1.82, 2.24) is 20.4 Å². The number of nitriles is 1. The van der Waals surface area contributed by atoms with Crippen molar-refractivity contribution in [2.45, 2.75) is 51.3 Å². The molecule has 0 bridgehead atoms. The highest BCUT2D eigenvalue weighted by atomic mass is 35.5. The number of nitrogens with zero attached hydrogens (tertiary/aromatic N) is 4. The summed E-state index contributed by atoms with van der Waals surface area (Å²) in [6.07, 6.45) is 10.6. The van der Waals surface area contributed by atoms with Crippen LogP contribution in [0.2, 0.25) is 10.0 Å². The highest BCUT2D eigenvalue weighted by molar-refractivity contribution is 6.40. The first-order chi connectivity index (χ1) is 20.2. The van der Waals surface area contributed by atoms with Crippen molar-refractivity contribution in [3.8, 4) is 6.19 Å². The molecule has 220 valence electrons. The number of amides is 2. The average molecular weight is 614 g/mol. The number of fused-ring (bicyclic) bond motifs is 2. The van der Waals surface area contributed by atoms with Gasteiger partial charge in [-0.05, 0) is 49.0 Å². The van der Waals surface area contributed by atoms with Gasteiger partial charge in [0.1, 0.15) is 12.1 Å². The van der Waals surface area contributed by atoms with Crippen LogP contribution in [0.15, 0.2) is 46.2 Å². The number of aliphatic carboxylic acids is 1. The van der Waals surface area contributed by atoms with Crippen LogP contribution in [-0.4, -0.2) is 77.0 Å². The van der Waals surface area contributed by atoms with E-state index in [0.717, 1.165) is 24.0 Å². The van der Waals surface area contributed by atoms with Crippen molar-refractivity contribution in [3.63, 3.8) is 0 Å². The third-order valence-corrected chi connectivity index (χ3v) is 8.57. The summed E-state index contributed by atoms with van der Waals surface area (Å²) in [6, 6.07) is 0.208. The summed E-state index contributed by atoms with van der Waals surface area (Å²) in [5.41, 5.74) is 3.18. The van der Waals surface area contributed by atoms with E-state index in [1.807, 2.05) is 36.2 Å². The third kappa shape index (κ3) is 5.82. The number of rotatable bonds is 6. The number of allylic oxidation sites excluding steroid dienone is 2. The normalized spacial score (nSPS) is 20.3.